The van der Waals surface area contributed by atoms with Gasteiger partial charge in [-0.1, -0.05) is 18.5 Å². The third kappa shape index (κ3) is 4.80. The number of alkyl halides is 3. The van der Waals surface area contributed by atoms with Crippen molar-refractivity contribution in [3.63, 3.8) is 0 Å². The molecule has 2 aromatic rings. The van der Waals surface area contributed by atoms with Crippen molar-refractivity contribution >= 4 is 23.4 Å². The average molecular weight is 422 g/mol. The highest BCUT2D eigenvalue weighted by Crippen LogP contribution is 2.36. The fraction of sp³-hybridized carbons (Fsp3) is 0.412. The minimum atomic E-state index is -4.66. The SMILES string of the molecule is CCCOC(=O)CCc1c(C)c(O)n(Nc2ccc(C(F)(F)F)c(Cl)n2)c1O. The minimum absolute atomic E-state index is 0.0117. The number of hydrogen-bond acceptors (Lipinski definition) is 6. The molecule has 154 valence electrons. The molecule has 0 aromatic carbocycles. The lowest BCUT2D eigenvalue weighted by Gasteiger charge is -2.12. The van der Waals surface area contributed by atoms with Crippen molar-refractivity contribution in [3.05, 3.63) is 34.0 Å². The Kier molecular flexibility index (Phi) is 6.65. The summed E-state index contributed by atoms with van der Waals surface area (Å²) in [7, 11) is 0. The van der Waals surface area contributed by atoms with Crippen LogP contribution in [0.1, 0.15) is 36.5 Å². The highest BCUT2D eigenvalue weighted by atomic mass is 35.5. The van der Waals surface area contributed by atoms with Crippen LogP contribution in [-0.2, 0) is 22.1 Å². The molecule has 0 bridgehead atoms. The van der Waals surface area contributed by atoms with Crippen LogP contribution in [0.4, 0.5) is 19.0 Å². The lowest BCUT2D eigenvalue weighted by atomic mass is 10.1. The first kappa shape index (κ1) is 21.7. The predicted molar refractivity (Wildman–Crippen MR) is 95.3 cm³/mol. The third-order valence-electron chi connectivity index (χ3n) is 3.91. The van der Waals surface area contributed by atoms with Gasteiger partial charge in [0.05, 0.1) is 12.2 Å². The number of pyridine rings is 1. The lowest BCUT2D eigenvalue weighted by Crippen LogP contribution is -2.12. The summed E-state index contributed by atoms with van der Waals surface area (Å²) in [5, 5.41) is 19.8. The summed E-state index contributed by atoms with van der Waals surface area (Å²) < 4.78 is 44.1. The van der Waals surface area contributed by atoms with E-state index in [1.54, 1.807) is 0 Å². The van der Waals surface area contributed by atoms with Gasteiger partial charge in [0.2, 0.25) is 11.8 Å². The van der Waals surface area contributed by atoms with Crippen molar-refractivity contribution in [2.75, 3.05) is 12.0 Å². The molecule has 2 rings (SSSR count). The highest BCUT2D eigenvalue weighted by molar-refractivity contribution is 6.30. The van der Waals surface area contributed by atoms with Crippen LogP contribution in [-0.4, -0.2) is 32.4 Å². The normalized spacial score (nSPS) is 11.5. The van der Waals surface area contributed by atoms with Gasteiger partial charge in [0.25, 0.3) is 0 Å². The van der Waals surface area contributed by atoms with Crippen LogP contribution in [0.5, 0.6) is 11.8 Å². The molecule has 0 amide bonds. The quantitative estimate of drug-likeness (QED) is 0.461. The first-order valence-corrected chi connectivity index (χ1v) is 8.72. The topological polar surface area (TPSA) is 96.6 Å². The summed E-state index contributed by atoms with van der Waals surface area (Å²) in [5.41, 5.74) is 1.96. The first-order valence-electron chi connectivity index (χ1n) is 8.34. The molecule has 0 aliphatic rings. The molecule has 0 saturated heterocycles. The van der Waals surface area contributed by atoms with E-state index in [0.29, 0.717) is 12.0 Å². The number of nitrogens with one attached hydrogen (secondary N) is 1. The average Bonchev–Trinajstić information content (AvgIpc) is 2.80. The number of nitrogens with zero attached hydrogens (tertiary/aromatic N) is 2. The Morgan fingerprint density at radius 1 is 1.32 bits per heavy atom. The Morgan fingerprint density at radius 2 is 2.00 bits per heavy atom. The second kappa shape index (κ2) is 8.59. The summed E-state index contributed by atoms with van der Waals surface area (Å²) in [6, 6.07) is 1.73. The van der Waals surface area contributed by atoms with Gasteiger partial charge < -0.3 is 14.9 Å². The molecule has 2 heterocycles. The van der Waals surface area contributed by atoms with E-state index in [4.69, 9.17) is 16.3 Å². The molecule has 3 N–H and O–H groups in total. The van der Waals surface area contributed by atoms with Crippen LogP contribution in [0.25, 0.3) is 0 Å². The number of aromatic nitrogens is 2. The van der Waals surface area contributed by atoms with Crippen LogP contribution in [0.15, 0.2) is 12.1 Å². The fourth-order valence-electron chi connectivity index (χ4n) is 2.45. The molecule has 11 heteroatoms. The van der Waals surface area contributed by atoms with Crippen molar-refractivity contribution in [1.29, 1.82) is 0 Å². The van der Waals surface area contributed by atoms with E-state index >= 15 is 0 Å². The number of rotatable bonds is 7. The number of aromatic hydroxyl groups is 2. The molecule has 28 heavy (non-hydrogen) atoms. The maximum atomic E-state index is 12.8. The minimum Gasteiger partial charge on any atom is -0.493 e. The van der Waals surface area contributed by atoms with Crippen molar-refractivity contribution in [3.8, 4) is 11.8 Å². The summed E-state index contributed by atoms with van der Waals surface area (Å²) in [6.07, 6.45) is -3.89. The van der Waals surface area contributed by atoms with E-state index in [0.717, 1.165) is 16.8 Å². The van der Waals surface area contributed by atoms with Crippen molar-refractivity contribution in [1.82, 2.24) is 9.66 Å². The molecular formula is C17H19ClF3N3O4. The van der Waals surface area contributed by atoms with Gasteiger partial charge >= 0.3 is 12.1 Å². The molecule has 0 radical (unpaired) electrons. The van der Waals surface area contributed by atoms with Crippen molar-refractivity contribution < 1.29 is 32.9 Å². The van der Waals surface area contributed by atoms with Crippen LogP contribution < -0.4 is 5.43 Å². The maximum absolute atomic E-state index is 12.8. The zero-order valence-electron chi connectivity index (χ0n) is 15.1. The number of hydrogen-bond donors (Lipinski definition) is 3. The zero-order chi connectivity index (χ0) is 21.1. The van der Waals surface area contributed by atoms with Gasteiger partial charge in [0.15, 0.2) is 0 Å². The van der Waals surface area contributed by atoms with Gasteiger partial charge in [-0.15, -0.1) is 0 Å². The van der Waals surface area contributed by atoms with Crippen LogP contribution in [0.3, 0.4) is 0 Å². The Bertz CT molecular complexity index is 868. The molecule has 0 spiro atoms. The fourth-order valence-corrected chi connectivity index (χ4v) is 2.71. The molecule has 0 atom stereocenters. The smallest absolute Gasteiger partial charge is 0.419 e. The van der Waals surface area contributed by atoms with Crippen LogP contribution in [0.2, 0.25) is 5.15 Å². The van der Waals surface area contributed by atoms with E-state index in [1.165, 1.54) is 6.92 Å². The number of anilines is 1. The molecule has 7 nitrogen and oxygen atoms in total. The number of esters is 1. The van der Waals surface area contributed by atoms with Crippen LogP contribution in [0, 0.1) is 6.92 Å². The van der Waals surface area contributed by atoms with E-state index in [9.17, 15) is 28.2 Å². The van der Waals surface area contributed by atoms with Crippen molar-refractivity contribution in [2.24, 2.45) is 0 Å². The standard InChI is InChI=1S/C17H19ClF3N3O4/c1-3-8-28-13(25)7-4-10-9(2)15(26)24(16(10)27)23-12-6-5-11(14(18)22-12)17(19,20)21/h5-6,26-27H,3-4,7-8H2,1-2H3,(H,22,23). The number of halogens is 4. The Hall–Kier alpha value is -2.62. The monoisotopic (exact) mass is 421 g/mol. The summed E-state index contributed by atoms with van der Waals surface area (Å²) in [5.74, 6) is -1.37. The molecule has 2 aromatic heterocycles. The Labute approximate surface area is 163 Å². The Morgan fingerprint density at radius 3 is 2.57 bits per heavy atom. The first-order chi connectivity index (χ1) is 13.1. The number of ether oxygens (including phenoxy) is 1. The van der Waals surface area contributed by atoms with Gasteiger partial charge in [0.1, 0.15) is 11.0 Å². The van der Waals surface area contributed by atoms with E-state index in [1.807, 2.05) is 6.92 Å². The Balaban J connectivity index is 2.21. The van der Waals surface area contributed by atoms with E-state index in [2.05, 4.69) is 10.4 Å². The molecule has 0 aliphatic carbocycles. The largest absolute Gasteiger partial charge is 0.493 e. The van der Waals surface area contributed by atoms with Gasteiger partial charge in [-0.05, 0) is 31.9 Å². The highest BCUT2D eigenvalue weighted by Gasteiger charge is 2.34. The van der Waals surface area contributed by atoms with Gasteiger partial charge in [0, 0.05) is 17.5 Å². The molecule has 0 unspecified atom stereocenters. The van der Waals surface area contributed by atoms with Crippen LogP contribution >= 0.6 is 11.6 Å². The summed E-state index contributed by atoms with van der Waals surface area (Å²) >= 11 is 5.57. The van der Waals surface area contributed by atoms with E-state index < -0.39 is 28.7 Å². The summed E-state index contributed by atoms with van der Waals surface area (Å²) in [4.78, 5) is 15.2. The number of carbonyl (C=O) groups is 1. The molecule has 0 fully saturated rings. The van der Waals surface area contributed by atoms with Gasteiger partial charge in [-0.3, -0.25) is 10.2 Å². The molecule has 0 aliphatic heterocycles. The third-order valence-corrected chi connectivity index (χ3v) is 4.20. The van der Waals surface area contributed by atoms with Gasteiger partial charge in [-0.2, -0.15) is 17.8 Å². The second-order valence-electron chi connectivity index (χ2n) is 5.95. The van der Waals surface area contributed by atoms with Gasteiger partial charge in [-0.25, -0.2) is 4.98 Å². The number of carbonyl (C=O) groups excluding carboxylic acids is 1. The molecular weight excluding hydrogens is 403 g/mol. The van der Waals surface area contributed by atoms with E-state index in [-0.39, 0.29) is 36.7 Å². The van der Waals surface area contributed by atoms with Crippen molar-refractivity contribution in [2.45, 2.75) is 39.3 Å². The maximum Gasteiger partial charge on any atom is 0.419 e. The molecule has 0 saturated carbocycles. The zero-order valence-corrected chi connectivity index (χ0v) is 15.9. The predicted octanol–water partition coefficient (Wildman–Crippen LogP) is 4.04. The lowest BCUT2D eigenvalue weighted by molar-refractivity contribution is -0.143. The second-order valence-corrected chi connectivity index (χ2v) is 6.31. The summed E-state index contributed by atoms with van der Waals surface area (Å²) in [6.45, 7) is 3.67.